The number of nitrogens with two attached hydrogens (primary N) is 1. The number of nitrogens with zero attached hydrogens (tertiary/aromatic N) is 1. The van der Waals surface area contributed by atoms with Crippen molar-refractivity contribution in [3.05, 3.63) is 23.8 Å². The Balaban J connectivity index is 2.08. The second-order valence-corrected chi connectivity index (χ2v) is 5.13. The van der Waals surface area contributed by atoms with Crippen molar-refractivity contribution in [1.29, 1.82) is 0 Å². The van der Waals surface area contributed by atoms with Gasteiger partial charge >= 0.3 is 0 Å². The van der Waals surface area contributed by atoms with E-state index >= 15 is 0 Å². The highest BCUT2D eigenvalue weighted by atomic mass is 15.0. The lowest BCUT2D eigenvalue weighted by Gasteiger charge is -2.03. The molecule has 0 bridgehead atoms. The lowest BCUT2D eigenvalue weighted by atomic mass is 9.98. The summed E-state index contributed by atoms with van der Waals surface area (Å²) < 4.78 is 2.36. The van der Waals surface area contributed by atoms with Crippen LogP contribution in [0.1, 0.15) is 25.3 Å². The summed E-state index contributed by atoms with van der Waals surface area (Å²) in [6.07, 6.45) is 3.78. The predicted molar refractivity (Wildman–Crippen MR) is 62.8 cm³/mol. The van der Waals surface area contributed by atoms with Crippen molar-refractivity contribution in [2.24, 2.45) is 5.41 Å². The molecule has 0 atom stereocenters. The van der Waals surface area contributed by atoms with Gasteiger partial charge in [0, 0.05) is 22.7 Å². The number of hydrogen-bond acceptors (Lipinski definition) is 1. The van der Waals surface area contributed by atoms with Crippen LogP contribution in [-0.2, 0) is 6.42 Å². The van der Waals surface area contributed by atoms with Crippen LogP contribution in [0, 0.1) is 5.41 Å². The van der Waals surface area contributed by atoms with Gasteiger partial charge in [0.15, 0.2) is 5.71 Å². The summed E-state index contributed by atoms with van der Waals surface area (Å²) >= 11 is 0. The fourth-order valence-corrected chi connectivity index (χ4v) is 2.61. The fourth-order valence-electron chi connectivity index (χ4n) is 2.61. The topological polar surface area (TPSA) is 29.0 Å². The van der Waals surface area contributed by atoms with Gasteiger partial charge in [-0.25, -0.2) is 4.58 Å². The lowest BCUT2D eigenvalue weighted by Crippen LogP contribution is -2.19. The van der Waals surface area contributed by atoms with E-state index in [1.54, 1.807) is 5.71 Å². The van der Waals surface area contributed by atoms with E-state index in [0.717, 1.165) is 12.1 Å². The van der Waals surface area contributed by atoms with Gasteiger partial charge in [-0.3, -0.25) is 0 Å². The minimum Gasteiger partial charge on any atom is -0.399 e. The second-order valence-electron chi connectivity index (χ2n) is 5.13. The minimum absolute atomic E-state index is 0.475. The predicted octanol–water partition coefficient (Wildman–Crippen LogP) is 2.34. The monoisotopic (exact) mass is 201 g/mol. The standard InChI is InChI=1S/C13H17N2/c1-13(5-6-13)12-8-9-7-10(14)3-4-11(9)15(12)2/h3-4,7H,5-6,8,14H2,1-2H3/q+1. The molecule has 0 unspecified atom stereocenters. The molecule has 0 radical (unpaired) electrons. The molecule has 0 spiro atoms. The molecule has 0 saturated heterocycles. The molecule has 78 valence electrons. The van der Waals surface area contributed by atoms with E-state index in [1.165, 1.54) is 24.1 Å². The summed E-state index contributed by atoms with van der Waals surface area (Å²) in [5.74, 6) is 0. The molecule has 1 aromatic rings. The van der Waals surface area contributed by atoms with Gasteiger partial charge in [-0.1, -0.05) is 6.92 Å². The van der Waals surface area contributed by atoms with E-state index in [4.69, 9.17) is 5.73 Å². The Morgan fingerprint density at radius 2 is 2.07 bits per heavy atom. The number of rotatable bonds is 1. The molecule has 1 aliphatic heterocycles. The molecule has 15 heavy (non-hydrogen) atoms. The van der Waals surface area contributed by atoms with Crippen LogP contribution in [0.5, 0.6) is 0 Å². The third kappa shape index (κ3) is 1.21. The van der Waals surface area contributed by atoms with Crippen molar-refractivity contribution in [1.82, 2.24) is 0 Å². The molecule has 1 saturated carbocycles. The molecule has 1 heterocycles. The highest BCUT2D eigenvalue weighted by Gasteiger charge is 2.49. The van der Waals surface area contributed by atoms with E-state index in [9.17, 15) is 0 Å². The Bertz CT molecular complexity index is 467. The van der Waals surface area contributed by atoms with Gasteiger partial charge in [-0.2, -0.15) is 0 Å². The van der Waals surface area contributed by atoms with Gasteiger partial charge in [-0.05, 0) is 25.0 Å². The van der Waals surface area contributed by atoms with E-state index in [-0.39, 0.29) is 0 Å². The molecule has 0 aromatic heterocycles. The van der Waals surface area contributed by atoms with Gasteiger partial charge in [-0.15, -0.1) is 0 Å². The van der Waals surface area contributed by atoms with Gasteiger partial charge in [0.2, 0.25) is 5.69 Å². The first-order valence-corrected chi connectivity index (χ1v) is 5.59. The summed E-state index contributed by atoms with van der Waals surface area (Å²) in [7, 11) is 2.18. The number of fused-ring (bicyclic) bond motifs is 1. The van der Waals surface area contributed by atoms with Gasteiger partial charge < -0.3 is 5.73 Å². The van der Waals surface area contributed by atoms with Crippen LogP contribution in [0.3, 0.4) is 0 Å². The summed E-state index contributed by atoms with van der Waals surface area (Å²) in [4.78, 5) is 0. The van der Waals surface area contributed by atoms with Crippen LogP contribution >= 0.6 is 0 Å². The van der Waals surface area contributed by atoms with Crippen LogP contribution in [0.4, 0.5) is 11.4 Å². The Hall–Kier alpha value is -1.31. The quantitative estimate of drug-likeness (QED) is 0.548. The van der Waals surface area contributed by atoms with E-state index in [2.05, 4.69) is 30.7 Å². The lowest BCUT2D eigenvalue weighted by molar-refractivity contribution is -0.405. The normalized spacial score (nSPS) is 21.7. The van der Waals surface area contributed by atoms with Crippen molar-refractivity contribution in [2.45, 2.75) is 26.2 Å². The minimum atomic E-state index is 0.475. The number of benzene rings is 1. The van der Waals surface area contributed by atoms with Crippen molar-refractivity contribution in [2.75, 3.05) is 12.8 Å². The Kier molecular flexibility index (Phi) is 1.57. The first-order chi connectivity index (χ1) is 7.10. The number of nitrogen functional groups attached to an aromatic ring is 1. The van der Waals surface area contributed by atoms with Gasteiger partial charge in [0.25, 0.3) is 0 Å². The summed E-state index contributed by atoms with van der Waals surface area (Å²) in [6, 6.07) is 6.25. The van der Waals surface area contributed by atoms with Crippen molar-refractivity contribution in [3.63, 3.8) is 0 Å². The molecule has 3 rings (SSSR count). The number of anilines is 1. The first kappa shape index (κ1) is 8.96. The first-order valence-electron chi connectivity index (χ1n) is 5.59. The zero-order chi connectivity index (χ0) is 10.6. The van der Waals surface area contributed by atoms with Crippen LogP contribution in [0.25, 0.3) is 0 Å². The SMILES string of the molecule is C[N+]1=C(C2(C)CC2)Cc2cc(N)ccc21. The average molecular weight is 201 g/mol. The molecule has 1 aromatic carbocycles. The van der Waals surface area contributed by atoms with Crippen molar-refractivity contribution in [3.8, 4) is 0 Å². The van der Waals surface area contributed by atoms with E-state index in [1.807, 2.05) is 6.07 Å². The third-order valence-electron chi connectivity index (χ3n) is 3.92. The fraction of sp³-hybridized carbons (Fsp3) is 0.462. The maximum Gasteiger partial charge on any atom is 0.208 e. The summed E-state index contributed by atoms with van der Waals surface area (Å²) in [5, 5.41) is 0. The van der Waals surface area contributed by atoms with Gasteiger partial charge in [0.05, 0.1) is 6.42 Å². The molecular formula is C13H17N2+. The van der Waals surface area contributed by atoms with Crippen LogP contribution < -0.4 is 5.73 Å². The molecule has 2 heteroatoms. The molecule has 2 aliphatic rings. The maximum absolute atomic E-state index is 5.82. The molecule has 2 nitrogen and oxygen atoms in total. The molecule has 1 fully saturated rings. The molecule has 1 aliphatic carbocycles. The van der Waals surface area contributed by atoms with Crippen molar-refractivity contribution < 1.29 is 4.58 Å². The van der Waals surface area contributed by atoms with E-state index in [0.29, 0.717) is 5.41 Å². The van der Waals surface area contributed by atoms with Gasteiger partial charge in [0.1, 0.15) is 7.05 Å². The molecular weight excluding hydrogens is 184 g/mol. The third-order valence-corrected chi connectivity index (χ3v) is 3.92. The smallest absolute Gasteiger partial charge is 0.208 e. The highest BCUT2D eigenvalue weighted by Crippen LogP contribution is 2.49. The Morgan fingerprint density at radius 1 is 1.33 bits per heavy atom. The molecule has 2 N–H and O–H groups in total. The zero-order valence-electron chi connectivity index (χ0n) is 9.38. The highest BCUT2D eigenvalue weighted by molar-refractivity contribution is 5.93. The average Bonchev–Trinajstić information content (AvgIpc) is 2.84. The van der Waals surface area contributed by atoms with Crippen molar-refractivity contribution >= 4 is 17.1 Å². The summed E-state index contributed by atoms with van der Waals surface area (Å²) in [6.45, 7) is 2.37. The van der Waals surface area contributed by atoms with Crippen LogP contribution in [0.15, 0.2) is 18.2 Å². The zero-order valence-corrected chi connectivity index (χ0v) is 9.38. The van der Waals surface area contributed by atoms with E-state index < -0.39 is 0 Å². The number of hydrogen-bond donors (Lipinski definition) is 1. The van der Waals surface area contributed by atoms with Crippen LogP contribution in [-0.4, -0.2) is 17.3 Å². The maximum atomic E-state index is 5.82. The molecule has 0 amide bonds. The van der Waals surface area contributed by atoms with Crippen LogP contribution in [0.2, 0.25) is 0 Å². The second kappa shape index (κ2) is 2.63. The largest absolute Gasteiger partial charge is 0.399 e. The Morgan fingerprint density at radius 3 is 2.73 bits per heavy atom. The Labute approximate surface area is 90.4 Å². The summed E-state index contributed by atoms with van der Waals surface area (Å²) in [5.41, 5.74) is 11.5.